The summed E-state index contributed by atoms with van der Waals surface area (Å²) in [5, 5.41) is 16.5. The Labute approximate surface area is 179 Å². The van der Waals surface area contributed by atoms with Crippen LogP contribution in [0.1, 0.15) is 61.3 Å². The van der Waals surface area contributed by atoms with E-state index < -0.39 is 5.97 Å². The molecule has 0 unspecified atom stereocenters. The molecular weight excluding hydrogens is 398 g/mol. The molecule has 164 valence electrons. The van der Waals surface area contributed by atoms with Crippen LogP contribution in [-0.2, 0) is 0 Å². The average molecular weight is 425 g/mol. The van der Waals surface area contributed by atoms with Crippen LogP contribution in [0.5, 0.6) is 0 Å². The number of aryl methyl sites for hydroxylation is 1. The maximum atomic E-state index is 12.9. The van der Waals surface area contributed by atoms with Gasteiger partial charge in [-0.15, -0.1) is 0 Å². The number of fused-ring (bicyclic) bond motifs is 1. The van der Waals surface area contributed by atoms with Crippen LogP contribution >= 0.6 is 0 Å². The largest absolute Gasteiger partial charge is 0.475 e. The molecule has 8 nitrogen and oxygen atoms in total. The molecule has 1 atom stereocenters. The lowest BCUT2D eigenvalue weighted by atomic mass is 9.83. The summed E-state index contributed by atoms with van der Waals surface area (Å²) in [6, 6.07) is 4.99. The molecule has 31 heavy (non-hydrogen) atoms. The zero-order chi connectivity index (χ0) is 22.3. The fourth-order valence-corrected chi connectivity index (χ4v) is 4.04. The lowest BCUT2D eigenvalue weighted by Crippen LogP contribution is -2.37. The van der Waals surface area contributed by atoms with Gasteiger partial charge in [0.05, 0.1) is 17.6 Å². The number of carboxylic acids is 1. The lowest BCUT2D eigenvalue weighted by Gasteiger charge is -2.37. The van der Waals surface area contributed by atoms with Crippen molar-refractivity contribution in [3.63, 3.8) is 0 Å². The first-order chi connectivity index (χ1) is 14.6. The molecule has 0 saturated carbocycles. The average Bonchev–Trinajstić information content (AvgIpc) is 3.16. The SMILES string of the molecule is Cc1cc([C@@H](C)Nc2cnoc2C(=O)O)c2oc(N3CCC(C)(C)CC3)cc(=O)c2c1. The Morgan fingerprint density at radius 2 is 1.97 bits per heavy atom. The van der Waals surface area contributed by atoms with Gasteiger partial charge in [0, 0.05) is 24.7 Å². The van der Waals surface area contributed by atoms with Crippen LogP contribution in [0.25, 0.3) is 11.0 Å². The molecule has 0 spiro atoms. The Bertz CT molecular complexity index is 1180. The minimum absolute atomic E-state index is 0.0885. The van der Waals surface area contributed by atoms with Gasteiger partial charge in [0.25, 0.3) is 5.76 Å². The highest BCUT2D eigenvalue weighted by molar-refractivity contribution is 5.91. The maximum Gasteiger partial charge on any atom is 0.376 e. The number of aromatic nitrogens is 1. The monoisotopic (exact) mass is 425 g/mol. The Morgan fingerprint density at radius 3 is 2.65 bits per heavy atom. The molecule has 3 heterocycles. The Morgan fingerprint density at radius 1 is 1.26 bits per heavy atom. The second-order valence-corrected chi connectivity index (χ2v) is 9.07. The van der Waals surface area contributed by atoms with Crippen molar-refractivity contribution in [3.05, 3.63) is 51.5 Å². The van der Waals surface area contributed by atoms with Crippen molar-refractivity contribution < 1.29 is 18.8 Å². The predicted octanol–water partition coefficient (Wildman–Crippen LogP) is 4.59. The van der Waals surface area contributed by atoms with Gasteiger partial charge in [0.1, 0.15) is 11.3 Å². The molecule has 0 amide bonds. The third-order valence-electron chi connectivity index (χ3n) is 6.02. The highest BCUT2D eigenvalue weighted by atomic mass is 16.5. The summed E-state index contributed by atoms with van der Waals surface area (Å²) in [7, 11) is 0. The number of hydrogen-bond donors (Lipinski definition) is 2. The van der Waals surface area contributed by atoms with Crippen molar-refractivity contribution in [1.82, 2.24) is 5.16 Å². The van der Waals surface area contributed by atoms with E-state index in [9.17, 15) is 14.7 Å². The third-order valence-corrected chi connectivity index (χ3v) is 6.02. The van der Waals surface area contributed by atoms with Gasteiger partial charge < -0.3 is 24.3 Å². The van der Waals surface area contributed by atoms with Crippen molar-refractivity contribution in [2.24, 2.45) is 5.41 Å². The smallest absolute Gasteiger partial charge is 0.376 e. The first-order valence-electron chi connectivity index (χ1n) is 10.4. The van der Waals surface area contributed by atoms with E-state index in [-0.39, 0.29) is 28.3 Å². The molecule has 1 aromatic carbocycles. The molecule has 4 rings (SSSR count). The number of hydrogen-bond acceptors (Lipinski definition) is 7. The Hall–Kier alpha value is -3.29. The first kappa shape index (κ1) is 21.0. The second-order valence-electron chi connectivity index (χ2n) is 9.07. The van der Waals surface area contributed by atoms with Gasteiger partial charge in [-0.2, -0.15) is 0 Å². The van der Waals surface area contributed by atoms with Crippen molar-refractivity contribution in [2.75, 3.05) is 23.3 Å². The molecule has 1 aliphatic rings. The fraction of sp³-hybridized carbons (Fsp3) is 0.435. The summed E-state index contributed by atoms with van der Waals surface area (Å²) in [6.45, 7) is 9.97. The van der Waals surface area contributed by atoms with Crippen LogP contribution in [0.4, 0.5) is 11.6 Å². The molecule has 3 aromatic rings. The summed E-state index contributed by atoms with van der Waals surface area (Å²) in [6.07, 6.45) is 3.38. The summed E-state index contributed by atoms with van der Waals surface area (Å²) in [4.78, 5) is 26.4. The standard InChI is InChI=1S/C23H27N3O5/c1-13-9-15(14(2)25-17-12-24-31-21(17)22(28)29)20-16(10-13)18(27)11-19(30-20)26-7-5-23(3,4)6-8-26/h9-12,14,25H,5-8H2,1-4H3,(H,28,29)/t14-/m1/s1. The number of anilines is 2. The van der Waals surface area contributed by atoms with E-state index in [1.54, 1.807) is 6.07 Å². The van der Waals surface area contributed by atoms with Gasteiger partial charge in [-0.3, -0.25) is 4.79 Å². The van der Waals surface area contributed by atoms with Gasteiger partial charge in [0.15, 0.2) is 11.3 Å². The first-order valence-corrected chi connectivity index (χ1v) is 10.4. The van der Waals surface area contributed by atoms with E-state index in [1.807, 2.05) is 26.0 Å². The summed E-state index contributed by atoms with van der Waals surface area (Å²) in [5.41, 5.74) is 2.66. The number of aromatic carboxylic acids is 1. The number of rotatable bonds is 5. The minimum atomic E-state index is -1.21. The zero-order valence-electron chi connectivity index (χ0n) is 18.2. The highest BCUT2D eigenvalue weighted by Crippen LogP contribution is 2.34. The highest BCUT2D eigenvalue weighted by Gasteiger charge is 2.27. The van der Waals surface area contributed by atoms with Crippen LogP contribution in [0.3, 0.4) is 0 Å². The number of piperidine rings is 1. The molecule has 1 aliphatic heterocycles. The van der Waals surface area contributed by atoms with Crippen LogP contribution < -0.4 is 15.6 Å². The van der Waals surface area contributed by atoms with E-state index in [4.69, 9.17) is 8.94 Å². The molecule has 8 heteroatoms. The van der Waals surface area contributed by atoms with Crippen molar-refractivity contribution >= 4 is 28.5 Å². The number of nitrogens with one attached hydrogen (secondary N) is 1. The normalized spacial score (nSPS) is 17.0. The number of carboxylic acid groups (broad SMARTS) is 1. The van der Waals surface area contributed by atoms with E-state index in [0.29, 0.717) is 16.9 Å². The maximum absolute atomic E-state index is 12.9. The van der Waals surface area contributed by atoms with Crippen LogP contribution in [0.15, 0.2) is 38.1 Å². The van der Waals surface area contributed by atoms with Crippen molar-refractivity contribution in [3.8, 4) is 0 Å². The predicted molar refractivity (Wildman–Crippen MR) is 118 cm³/mol. The molecule has 0 aliphatic carbocycles. The molecule has 1 fully saturated rings. The van der Waals surface area contributed by atoms with Gasteiger partial charge in [0.2, 0.25) is 0 Å². The summed E-state index contributed by atoms with van der Waals surface area (Å²) < 4.78 is 11.1. The van der Waals surface area contributed by atoms with Gasteiger partial charge in [-0.1, -0.05) is 25.1 Å². The fourth-order valence-electron chi connectivity index (χ4n) is 4.04. The minimum Gasteiger partial charge on any atom is -0.475 e. The Kier molecular flexibility index (Phi) is 5.24. The van der Waals surface area contributed by atoms with Crippen molar-refractivity contribution in [2.45, 2.75) is 46.6 Å². The summed E-state index contributed by atoms with van der Waals surface area (Å²) >= 11 is 0. The van der Waals surface area contributed by atoms with E-state index in [0.717, 1.165) is 37.1 Å². The second kappa shape index (κ2) is 7.76. The number of benzene rings is 1. The van der Waals surface area contributed by atoms with E-state index >= 15 is 0 Å². The van der Waals surface area contributed by atoms with Crippen molar-refractivity contribution in [1.29, 1.82) is 0 Å². The topological polar surface area (TPSA) is 109 Å². The number of carbonyl (C=O) groups is 1. The quantitative estimate of drug-likeness (QED) is 0.611. The number of nitrogens with zero attached hydrogens (tertiary/aromatic N) is 2. The molecule has 0 bridgehead atoms. The summed E-state index contributed by atoms with van der Waals surface area (Å²) in [5.74, 6) is -0.897. The van der Waals surface area contributed by atoms with Gasteiger partial charge >= 0.3 is 5.97 Å². The van der Waals surface area contributed by atoms with Crippen LogP contribution in [-0.4, -0.2) is 29.3 Å². The van der Waals surface area contributed by atoms with Gasteiger partial charge in [-0.05, 0) is 43.7 Å². The van der Waals surface area contributed by atoms with Crippen LogP contribution in [0, 0.1) is 12.3 Å². The van der Waals surface area contributed by atoms with Gasteiger partial charge in [-0.25, -0.2) is 4.79 Å². The lowest BCUT2D eigenvalue weighted by molar-refractivity contribution is 0.0653. The third kappa shape index (κ3) is 4.15. The molecule has 1 saturated heterocycles. The van der Waals surface area contributed by atoms with E-state index in [2.05, 4.69) is 29.2 Å². The molecule has 2 N–H and O–H groups in total. The molecular formula is C23H27N3O5. The Balaban J connectivity index is 1.74. The zero-order valence-corrected chi connectivity index (χ0v) is 18.2. The molecule has 0 radical (unpaired) electrons. The van der Waals surface area contributed by atoms with Crippen LogP contribution in [0.2, 0.25) is 0 Å². The van der Waals surface area contributed by atoms with E-state index in [1.165, 1.54) is 6.20 Å². The molecule has 2 aromatic heterocycles.